The van der Waals surface area contributed by atoms with Gasteiger partial charge < -0.3 is 8.85 Å². The van der Waals surface area contributed by atoms with Crippen molar-refractivity contribution in [2.75, 3.05) is 13.2 Å². The van der Waals surface area contributed by atoms with E-state index in [0.29, 0.717) is 13.2 Å². The lowest BCUT2D eigenvalue weighted by molar-refractivity contribution is 0.199. The molecule has 0 radical (unpaired) electrons. The zero-order chi connectivity index (χ0) is 10.2. The van der Waals surface area contributed by atoms with Gasteiger partial charge in [0.05, 0.1) is 0 Å². The summed E-state index contributed by atoms with van der Waals surface area (Å²) < 4.78 is 10.5. The van der Waals surface area contributed by atoms with Gasteiger partial charge in [0.1, 0.15) is 0 Å². The molecule has 0 aliphatic heterocycles. The summed E-state index contributed by atoms with van der Waals surface area (Å²) in [5, 5.41) is 0. The Morgan fingerprint density at radius 2 is 1.31 bits per heavy atom. The van der Waals surface area contributed by atoms with Gasteiger partial charge in [0.25, 0.3) is 0 Å². The van der Waals surface area contributed by atoms with Crippen LogP contribution in [0.25, 0.3) is 0 Å². The van der Waals surface area contributed by atoms with E-state index in [1.165, 1.54) is 0 Å². The Kier molecular flexibility index (Phi) is 8.51. The Hall–Kier alpha value is 0.717. The summed E-state index contributed by atoms with van der Waals surface area (Å²) in [6, 6.07) is 0. The molecule has 0 spiro atoms. The molecular formula is C8H18Cl2O2Si. The molecule has 0 aromatic rings. The molecule has 0 aliphatic rings. The lowest BCUT2D eigenvalue weighted by atomic mass is 10.4. The molecular weight excluding hydrogens is 227 g/mol. The summed E-state index contributed by atoms with van der Waals surface area (Å²) >= 11 is 11.7. The van der Waals surface area contributed by atoms with E-state index in [1.54, 1.807) is 0 Å². The van der Waals surface area contributed by atoms with Crippen molar-refractivity contribution in [3.05, 3.63) is 0 Å². The topological polar surface area (TPSA) is 18.5 Å². The number of unbranched alkanes of at least 4 members (excludes halogenated alkanes) is 2. The predicted octanol–water partition coefficient (Wildman–Crippen LogP) is 3.53. The fourth-order valence-corrected chi connectivity index (χ4v) is 2.49. The van der Waals surface area contributed by atoms with Gasteiger partial charge in [-0.05, 0) is 12.8 Å². The Bertz CT molecular complexity index is 111. The Balaban J connectivity index is 3.42. The molecule has 0 aromatic heterocycles. The molecule has 0 bridgehead atoms. The second-order valence-electron chi connectivity index (χ2n) is 2.87. The molecule has 0 rings (SSSR count). The first-order chi connectivity index (χ1) is 6.12. The van der Waals surface area contributed by atoms with Crippen molar-refractivity contribution in [1.29, 1.82) is 0 Å². The van der Waals surface area contributed by atoms with E-state index in [2.05, 4.69) is 13.8 Å². The minimum atomic E-state index is -2.83. The summed E-state index contributed by atoms with van der Waals surface area (Å²) in [6.07, 6.45) is 4.11. The third-order valence-electron chi connectivity index (χ3n) is 1.54. The van der Waals surface area contributed by atoms with Crippen molar-refractivity contribution in [1.82, 2.24) is 0 Å². The van der Waals surface area contributed by atoms with E-state index < -0.39 is 7.18 Å². The maximum atomic E-state index is 5.87. The molecule has 0 atom stereocenters. The highest BCUT2D eigenvalue weighted by atomic mass is 35.7. The zero-order valence-electron chi connectivity index (χ0n) is 8.32. The number of halogens is 2. The second-order valence-corrected chi connectivity index (χ2v) is 7.94. The van der Waals surface area contributed by atoms with E-state index in [9.17, 15) is 0 Å². The first-order valence-electron chi connectivity index (χ1n) is 4.78. The fraction of sp³-hybridized carbons (Fsp3) is 1.00. The van der Waals surface area contributed by atoms with Gasteiger partial charge in [-0.25, -0.2) is 0 Å². The highest BCUT2D eigenvalue weighted by molar-refractivity contribution is 7.39. The van der Waals surface area contributed by atoms with Crippen molar-refractivity contribution in [3.8, 4) is 0 Å². The lowest BCUT2D eigenvalue weighted by Crippen LogP contribution is -2.30. The van der Waals surface area contributed by atoms with Gasteiger partial charge in [-0.2, -0.15) is 0 Å². The van der Waals surface area contributed by atoms with Crippen molar-refractivity contribution in [3.63, 3.8) is 0 Å². The molecule has 2 nitrogen and oxygen atoms in total. The van der Waals surface area contributed by atoms with Crippen LogP contribution in [0.15, 0.2) is 0 Å². The van der Waals surface area contributed by atoms with E-state index in [1.807, 2.05) is 0 Å². The maximum Gasteiger partial charge on any atom is 0.551 e. The van der Waals surface area contributed by atoms with E-state index in [4.69, 9.17) is 31.0 Å². The van der Waals surface area contributed by atoms with Crippen LogP contribution in [0.1, 0.15) is 39.5 Å². The molecule has 0 N–H and O–H groups in total. The smallest absolute Gasteiger partial charge is 0.372 e. The average molecular weight is 245 g/mol. The van der Waals surface area contributed by atoms with Gasteiger partial charge in [-0.15, -0.1) is 0 Å². The van der Waals surface area contributed by atoms with Crippen LogP contribution in [-0.4, -0.2) is 20.4 Å². The molecule has 0 aromatic carbocycles. The first kappa shape index (κ1) is 13.7. The largest absolute Gasteiger partial charge is 0.551 e. The molecule has 0 unspecified atom stereocenters. The second kappa shape index (κ2) is 8.06. The lowest BCUT2D eigenvalue weighted by Gasteiger charge is -2.16. The first-order valence-corrected chi connectivity index (χ1v) is 8.62. The van der Waals surface area contributed by atoms with Crippen molar-refractivity contribution in [2.45, 2.75) is 39.5 Å². The third-order valence-corrected chi connectivity index (χ3v) is 3.93. The van der Waals surface area contributed by atoms with Gasteiger partial charge in [-0.1, -0.05) is 48.8 Å². The standard InChI is InChI=1S/C8H18Cl2O2Si/c1-3-5-7-11-13(9,10)12-8-6-4-2/h3-8H2,1-2H3. The summed E-state index contributed by atoms with van der Waals surface area (Å²) in [7, 11) is -2.83. The van der Waals surface area contributed by atoms with Crippen molar-refractivity contribution < 1.29 is 8.85 Å². The minimum Gasteiger partial charge on any atom is -0.372 e. The van der Waals surface area contributed by atoms with Crippen LogP contribution >= 0.6 is 22.2 Å². The highest BCUT2D eigenvalue weighted by Crippen LogP contribution is 2.18. The molecule has 0 heterocycles. The molecule has 0 aliphatic carbocycles. The van der Waals surface area contributed by atoms with Gasteiger partial charge in [0, 0.05) is 13.2 Å². The fourth-order valence-electron chi connectivity index (χ4n) is 0.712. The number of rotatable bonds is 8. The highest BCUT2D eigenvalue weighted by Gasteiger charge is 2.33. The average Bonchev–Trinajstić information content (AvgIpc) is 2.05. The van der Waals surface area contributed by atoms with E-state index in [-0.39, 0.29) is 0 Å². The minimum absolute atomic E-state index is 0.599. The van der Waals surface area contributed by atoms with Crippen LogP contribution in [0.2, 0.25) is 0 Å². The van der Waals surface area contributed by atoms with Gasteiger partial charge in [-0.3, -0.25) is 0 Å². The predicted molar refractivity (Wildman–Crippen MR) is 59.2 cm³/mol. The monoisotopic (exact) mass is 244 g/mol. The summed E-state index contributed by atoms with van der Waals surface area (Å²) in [5.41, 5.74) is 0. The number of hydrogen-bond donors (Lipinski definition) is 0. The van der Waals surface area contributed by atoms with Gasteiger partial charge in [0.2, 0.25) is 0 Å². The van der Waals surface area contributed by atoms with E-state index in [0.717, 1.165) is 25.7 Å². The molecule has 5 heteroatoms. The third kappa shape index (κ3) is 9.03. The summed E-state index contributed by atoms with van der Waals surface area (Å²) in [4.78, 5) is 0. The van der Waals surface area contributed by atoms with E-state index >= 15 is 0 Å². The maximum absolute atomic E-state index is 5.87. The molecule has 13 heavy (non-hydrogen) atoms. The van der Waals surface area contributed by atoms with Crippen LogP contribution in [-0.2, 0) is 8.85 Å². The summed E-state index contributed by atoms with van der Waals surface area (Å²) in [5.74, 6) is 0. The SMILES string of the molecule is CCCCO[Si](Cl)(Cl)OCCCC. The summed E-state index contributed by atoms with van der Waals surface area (Å²) in [6.45, 7) is 5.38. The Morgan fingerprint density at radius 1 is 0.923 bits per heavy atom. The number of hydrogen-bond acceptors (Lipinski definition) is 2. The van der Waals surface area contributed by atoms with Crippen molar-refractivity contribution in [2.24, 2.45) is 0 Å². The normalized spacial score (nSPS) is 12.0. The molecule has 0 amide bonds. The zero-order valence-corrected chi connectivity index (χ0v) is 10.8. The van der Waals surface area contributed by atoms with Gasteiger partial charge in [0.15, 0.2) is 0 Å². The molecule has 0 saturated carbocycles. The van der Waals surface area contributed by atoms with Crippen LogP contribution in [0, 0.1) is 0 Å². The van der Waals surface area contributed by atoms with Crippen LogP contribution in [0.5, 0.6) is 0 Å². The quantitative estimate of drug-likeness (QED) is 0.370. The van der Waals surface area contributed by atoms with Crippen LogP contribution in [0.4, 0.5) is 0 Å². The van der Waals surface area contributed by atoms with Crippen LogP contribution < -0.4 is 0 Å². The molecule has 0 fully saturated rings. The van der Waals surface area contributed by atoms with Crippen LogP contribution in [0.3, 0.4) is 0 Å². The Morgan fingerprint density at radius 3 is 1.62 bits per heavy atom. The van der Waals surface area contributed by atoms with Gasteiger partial charge >= 0.3 is 7.18 Å². The Labute approximate surface area is 91.2 Å². The molecule has 80 valence electrons. The molecule has 0 saturated heterocycles. The van der Waals surface area contributed by atoms with Crippen molar-refractivity contribution >= 4 is 29.3 Å².